The molecule has 7 nitrogen and oxygen atoms in total. The first kappa shape index (κ1) is 15.3. The maximum absolute atomic E-state index is 10.4. The fourth-order valence-electron chi connectivity index (χ4n) is 3.20. The second-order valence-corrected chi connectivity index (χ2v) is 6.02. The van der Waals surface area contributed by atoms with Gasteiger partial charge in [-0.25, -0.2) is 4.98 Å². The van der Waals surface area contributed by atoms with Crippen LogP contribution < -0.4 is 0 Å². The second kappa shape index (κ2) is 5.71. The number of aliphatic hydroxyl groups excluding tert-OH is 3. The van der Waals surface area contributed by atoms with Crippen LogP contribution in [0.1, 0.15) is 23.7 Å². The summed E-state index contributed by atoms with van der Waals surface area (Å²) in [6, 6.07) is 7.02. The Morgan fingerprint density at radius 1 is 1.21 bits per heavy atom. The van der Waals surface area contributed by atoms with Crippen molar-refractivity contribution in [3.8, 4) is 0 Å². The smallest absolute Gasteiger partial charge is 0.164 e. The Labute approximate surface area is 137 Å². The minimum atomic E-state index is -1.25. The summed E-state index contributed by atoms with van der Waals surface area (Å²) in [4.78, 5) is 4.34. The molecule has 0 radical (unpaired) electrons. The summed E-state index contributed by atoms with van der Waals surface area (Å²) in [6.07, 6.45) is -0.602. The first-order chi connectivity index (χ1) is 11.6. The summed E-state index contributed by atoms with van der Waals surface area (Å²) in [5.41, 5.74) is 1.71. The SMILES string of the molecule is Cc1ccnc2c1ccn2[C@@H]1O[C@H]([C@H](O)c2ccco2)[C@@H](O)[C@H]1O. The van der Waals surface area contributed by atoms with Crippen LogP contribution in [0.4, 0.5) is 0 Å². The van der Waals surface area contributed by atoms with Gasteiger partial charge in [0.05, 0.1) is 6.26 Å². The first-order valence-corrected chi connectivity index (χ1v) is 7.73. The predicted octanol–water partition coefficient (Wildman–Crippen LogP) is 1.29. The van der Waals surface area contributed by atoms with E-state index in [4.69, 9.17) is 9.15 Å². The van der Waals surface area contributed by atoms with Crippen LogP contribution in [-0.4, -0.2) is 43.2 Å². The van der Waals surface area contributed by atoms with E-state index in [1.165, 1.54) is 6.26 Å². The average Bonchev–Trinajstić information content (AvgIpc) is 3.29. The minimum Gasteiger partial charge on any atom is -0.466 e. The van der Waals surface area contributed by atoms with Crippen LogP contribution in [0.25, 0.3) is 11.0 Å². The van der Waals surface area contributed by atoms with Gasteiger partial charge in [-0.2, -0.15) is 0 Å². The van der Waals surface area contributed by atoms with Crippen LogP contribution >= 0.6 is 0 Å². The van der Waals surface area contributed by atoms with E-state index >= 15 is 0 Å². The lowest BCUT2D eigenvalue weighted by Gasteiger charge is -2.19. The van der Waals surface area contributed by atoms with Gasteiger partial charge < -0.3 is 29.0 Å². The van der Waals surface area contributed by atoms with Crippen molar-refractivity contribution in [2.45, 2.75) is 37.6 Å². The number of furan rings is 1. The van der Waals surface area contributed by atoms with Crippen LogP contribution in [0.5, 0.6) is 0 Å². The van der Waals surface area contributed by atoms with Crippen LogP contribution in [0.15, 0.2) is 47.3 Å². The molecule has 0 bridgehead atoms. The van der Waals surface area contributed by atoms with E-state index in [9.17, 15) is 15.3 Å². The lowest BCUT2D eigenvalue weighted by Crippen LogP contribution is -2.34. The summed E-state index contributed by atoms with van der Waals surface area (Å²) >= 11 is 0. The molecule has 4 rings (SSSR count). The normalized spacial score (nSPS) is 28.5. The van der Waals surface area contributed by atoms with Crippen LogP contribution in [0.3, 0.4) is 0 Å². The van der Waals surface area contributed by atoms with E-state index in [2.05, 4.69) is 4.98 Å². The molecule has 0 spiro atoms. The molecule has 1 aliphatic heterocycles. The van der Waals surface area contributed by atoms with Crippen molar-refractivity contribution in [2.75, 3.05) is 0 Å². The number of nitrogens with zero attached hydrogens (tertiary/aromatic N) is 2. The molecular formula is C17H18N2O5. The molecule has 0 amide bonds. The number of hydrogen-bond acceptors (Lipinski definition) is 6. The van der Waals surface area contributed by atoms with Crippen molar-refractivity contribution >= 4 is 11.0 Å². The van der Waals surface area contributed by atoms with Crippen LogP contribution in [0, 0.1) is 6.92 Å². The molecule has 3 N–H and O–H groups in total. The minimum absolute atomic E-state index is 0.276. The van der Waals surface area contributed by atoms with Gasteiger partial charge in [0.15, 0.2) is 6.23 Å². The van der Waals surface area contributed by atoms with Gasteiger partial charge >= 0.3 is 0 Å². The van der Waals surface area contributed by atoms with Gasteiger partial charge in [0, 0.05) is 17.8 Å². The monoisotopic (exact) mass is 330 g/mol. The molecule has 1 saturated heterocycles. The molecule has 126 valence electrons. The van der Waals surface area contributed by atoms with E-state index in [0.717, 1.165) is 10.9 Å². The van der Waals surface area contributed by atoms with Gasteiger partial charge in [0.1, 0.15) is 35.8 Å². The zero-order valence-electron chi connectivity index (χ0n) is 13.0. The average molecular weight is 330 g/mol. The van der Waals surface area contributed by atoms with Gasteiger partial charge in [-0.15, -0.1) is 0 Å². The summed E-state index contributed by atoms with van der Waals surface area (Å²) in [6.45, 7) is 1.97. The van der Waals surface area contributed by atoms with Gasteiger partial charge in [-0.05, 0) is 36.8 Å². The fraction of sp³-hybridized carbons (Fsp3) is 0.353. The highest BCUT2D eigenvalue weighted by Crippen LogP contribution is 2.37. The molecule has 0 saturated carbocycles. The van der Waals surface area contributed by atoms with Gasteiger partial charge in [-0.3, -0.25) is 0 Å². The lowest BCUT2D eigenvalue weighted by atomic mass is 10.0. The van der Waals surface area contributed by atoms with Crippen LogP contribution in [-0.2, 0) is 4.74 Å². The molecule has 7 heteroatoms. The van der Waals surface area contributed by atoms with E-state index in [1.807, 2.05) is 19.1 Å². The Morgan fingerprint density at radius 3 is 2.79 bits per heavy atom. The molecule has 0 aliphatic carbocycles. The molecule has 3 aromatic rings. The Balaban J connectivity index is 1.68. The Kier molecular flexibility index (Phi) is 3.65. The largest absolute Gasteiger partial charge is 0.466 e. The number of rotatable bonds is 3. The Hall–Kier alpha value is -2.19. The first-order valence-electron chi connectivity index (χ1n) is 7.73. The third kappa shape index (κ3) is 2.25. The number of aromatic nitrogens is 2. The number of fused-ring (bicyclic) bond motifs is 1. The zero-order chi connectivity index (χ0) is 16.8. The van der Waals surface area contributed by atoms with E-state index in [1.54, 1.807) is 29.1 Å². The highest BCUT2D eigenvalue weighted by molar-refractivity contribution is 5.79. The van der Waals surface area contributed by atoms with Crippen LogP contribution in [0.2, 0.25) is 0 Å². The number of aryl methyl sites for hydroxylation is 1. The van der Waals surface area contributed by atoms with Crippen molar-refractivity contribution in [1.82, 2.24) is 9.55 Å². The van der Waals surface area contributed by atoms with Crippen molar-refractivity contribution in [3.05, 3.63) is 54.2 Å². The van der Waals surface area contributed by atoms with E-state index < -0.39 is 30.6 Å². The third-order valence-corrected chi connectivity index (χ3v) is 4.53. The fourth-order valence-corrected chi connectivity index (χ4v) is 3.20. The molecule has 5 atom stereocenters. The number of aliphatic hydroxyl groups is 3. The number of pyridine rings is 1. The molecule has 1 fully saturated rings. The standard InChI is InChI=1S/C17H18N2O5/c1-9-4-6-18-16-10(9)5-7-19(16)17-14(22)13(21)15(24-17)12(20)11-3-2-8-23-11/h2-8,12-15,17,20-22H,1H3/t12-,13+,14-,15-,17-/m1/s1. The summed E-state index contributed by atoms with van der Waals surface area (Å²) in [5.74, 6) is 0.276. The molecular weight excluding hydrogens is 312 g/mol. The molecule has 1 aliphatic rings. The third-order valence-electron chi connectivity index (χ3n) is 4.53. The van der Waals surface area contributed by atoms with Crippen molar-refractivity contribution < 1.29 is 24.5 Å². The molecule has 0 aromatic carbocycles. The van der Waals surface area contributed by atoms with Crippen molar-refractivity contribution in [2.24, 2.45) is 0 Å². The number of ether oxygens (including phenoxy) is 1. The molecule has 3 aromatic heterocycles. The van der Waals surface area contributed by atoms with Gasteiger partial charge in [0.2, 0.25) is 0 Å². The predicted molar refractivity (Wildman–Crippen MR) is 84.1 cm³/mol. The zero-order valence-corrected chi connectivity index (χ0v) is 13.0. The summed E-state index contributed by atoms with van der Waals surface area (Å²) in [7, 11) is 0. The topological polar surface area (TPSA) is 101 Å². The maximum Gasteiger partial charge on any atom is 0.164 e. The highest BCUT2D eigenvalue weighted by Gasteiger charge is 2.48. The lowest BCUT2D eigenvalue weighted by molar-refractivity contribution is -0.0903. The van der Waals surface area contributed by atoms with Gasteiger partial charge in [0.25, 0.3) is 0 Å². The second-order valence-electron chi connectivity index (χ2n) is 6.02. The quantitative estimate of drug-likeness (QED) is 0.669. The molecule has 24 heavy (non-hydrogen) atoms. The Morgan fingerprint density at radius 2 is 2.04 bits per heavy atom. The summed E-state index contributed by atoms with van der Waals surface area (Å²) < 4.78 is 12.6. The molecule has 0 unspecified atom stereocenters. The number of hydrogen-bond donors (Lipinski definition) is 3. The highest BCUT2D eigenvalue weighted by atomic mass is 16.6. The van der Waals surface area contributed by atoms with Gasteiger partial charge in [-0.1, -0.05) is 0 Å². The summed E-state index contributed by atoms with van der Waals surface area (Å²) in [5, 5.41) is 32.0. The van der Waals surface area contributed by atoms with E-state index in [-0.39, 0.29) is 5.76 Å². The van der Waals surface area contributed by atoms with Crippen molar-refractivity contribution in [3.63, 3.8) is 0 Å². The molecule has 4 heterocycles. The van der Waals surface area contributed by atoms with E-state index in [0.29, 0.717) is 5.65 Å². The Bertz CT molecular complexity index is 844. The van der Waals surface area contributed by atoms with Crippen molar-refractivity contribution in [1.29, 1.82) is 0 Å². The maximum atomic E-state index is 10.4.